The van der Waals surface area contributed by atoms with Crippen molar-refractivity contribution in [3.63, 3.8) is 0 Å². The minimum absolute atomic E-state index is 0.273. The van der Waals surface area contributed by atoms with Crippen LogP contribution in [0.4, 0.5) is 0 Å². The lowest BCUT2D eigenvalue weighted by molar-refractivity contribution is 0.132. The van der Waals surface area contributed by atoms with E-state index in [0.29, 0.717) is 5.41 Å². The van der Waals surface area contributed by atoms with Crippen molar-refractivity contribution in [1.82, 2.24) is 5.48 Å². The van der Waals surface area contributed by atoms with Crippen molar-refractivity contribution in [2.75, 3.05) is 6.54 Å². The highest BCUT2D eigenvalue weighted by Crippen LogP contribution is 2.33. The van der Waals surface area contributed by atoms with Crippen LogP contribution in [-0.4, -0.2) is 29.3 Å². The summed E-state index contributed by atoms with van der Waals surface area (Å²) in [6.07, 6.45) is 0.908. The maximum Gasteiger partial charge on any atom is 0.486 e. The number of rotatable bonds is 5. The minimum Gasteiger partial charge on any atom is -0.302 e. The van der Waals surface area contributed by atoms with E-state index in [1.54, 1.807) is 5.48 Å². The highest BCUT2D eigenvalue weighted by atomic mass is 32.2. The first-order valence-electron chi connectivity index (χ1n) is 2.82. The molecule has 0 saturated carbocycles. The standard InChI is InChI=1S/C3H8NO7PS/c5-12(6,7)11-4-2-1-3-13(8,9)10/h1,3-4H,2H2,(H2,5,6,7)(H,8,9,10). The molecule has 0 amide bonds. The van der Waals surface area contributed by atoms with Crippen molar-refractivity contribution >= 4 is 17.9 Å². The van der Waals surface area contributed by atoms with Gasteiger partial charge in [-0.3, -0.25) is 4.55 Å². The van der Waals surface area contributed by atoms with Crippen LogP contribution in [0.5, 0.6) is 0 Å². The fourth-order valence-electron chi connectivity index (χ4n) is 0.339. The molecule has 0 saturated heterocycles. The molecule has 0 unspecified atom stereocenters. The van der Waals surface area contributed by atoms with Crippen molar-refractivity contribution in [2.45, 2.75) is 0 Å². The van der Waals surface area contributed by atoms with Crippen molar-refractivity contribution < 1.29 is 31.9 Å². The molecular weight excluding hydrogens is 225 g/mol. The Morgan fingerprint density at radius 1 is 1.46 bits per heavy atom. The summed E-state index contributed by atoms with van der Waals surface area (Å²) in [7, 11) is -8.81. The van der Waals surface area contributed by atoms with E-state index in [-0.39, 0.29) is 6.54 Å². The summed E-state index contributed by atoms with van der Waals surface area (Å²) in [6, 6.07) is 0. The average molecular weight is 233 g/mol. The van der Waals surface area contributed by atoms with Gasteiger partial charge in [0.1, 0.15) is 0 Å². The molecular formula is C3H8NO7PS. The zero-order valence-electron chi connectivity index (χ0n) is 6.19. The fourth-order valence-corrected chi connectivity index (χ4v) is 0.921. The molecule has 0 aliphatic heterocycles. The van der Waals surface area contributed by atoms with Gasteiger partial charge in [-0.05, 0) is 0 Å². The van der Waals surface area contributed by atoms with E-state index < -0.39 is 17.9 Å². The summed E-state index contributed by atoms with van der Waals surface area (Å²) in [5, 5.41) is 0.447. The second kappa shape index (κ2) is 4.82. The van der Waals surface area contributed by atoms with Crippen LogP contribution < -0.4 is 5.48 Å². The molecule has 0 aromatic heterocycles. The number of hydrogen-bond donors (Lipinski definition) is 4. The Labute approximate surface area is 74.2 Å². The number of hydrogen-bond acceptors (Lipinski definition) is 5. The molecule has 13 heavy (non-hydrogen) atoms. The van der Waals surface area contributed by atoms with Crippen molar-refractivity contribution in [1.29, 1.82) is 0 Å². The van der Waals surface area contributed by atoms with Gasteiger partial charge in [0.05, 0.1) is 5.41 Å². The van der Waals surface area contributed by atoms with Crippen LogP contribution in [0.2, 0.25) is 0 Å². The second-order valence-corrected chi connectivity index (χ2v) is 4.28. The molecule has 0 bridgehead atoms. The van der Waals surface area contributed by atoms with E-state index in [1.807, 2.05) is 0 Å². The Bertz CT molecular complexity index is 315. The van der Waals surface area contributed by atoms with E-state index in [9.17, 15) is 13.0 Å². The molecule has 0 radical (unpaired) electrons. The molecule has 0 spiro atoms. The van der Waals surface area contributed by atoms with E-state index in [0.717, 1.165) is 6.08 Å². The normalized spacial score (nSPS) is 13.8. The number of hydroxylamine groups is 1. The SMILES string of the molecule is O=P(O)(O)ONCC=CS(=O)(=O)O. The van der Waals surface area contributed by atoms with Gasteiger partial charge < -0.3 is 9.79 Å². The fraction of sp³-hybridized carbons (Fsp3) is 0.333. The maximum absolute atomic E-state index is 10.0. The maximum atomic E-state index is 10.0. The van der Waals surface area contributed by atoms with Gasteiger partial charge in [-0.2, -0.15) is 18.5 Å². The topological polar surface area (TPSA) is 133 Å². The van der Waals surface area contributed by atoms with Crippen LogP contribution in [0, 0.1) is 0 Å². The largest absolute Gasteiger partial charge is 0.486 e. The Hall–Kier alpha value is -0.280. The quantitative estimate of drug-likeness (QED) is 0.206. The molecule has 0 atom stereocenters. The lowest BCUT2D eigenvalue weighted by Crippen LogP contribution is -2.12. The van der Waals surface area contributed by atoms with Crippen LogP contribution in [0.3, 0.4) is 0 Å². The molecule has 4 N–H and O–H groups in total. The van der Waals surface area contributed by atoms with Gasteiger partial charge in [0.2, 0.25) is 0 Å². The molecule has 0 aromatic carbocycles. The van der Waals surface area contributed by atoms with E-state index in [4.69, 9.17) is 14.3 Å². The van der Waals surface area contributed by atoms with Gasteiger partial charge in [-0.15, -0.1) is 0 Å². The van der Waals surface area contributed by atoms with E-state index >= 15 is 0 Å². The molecule has 0 fully saturated rings. The van der Waals surface area contributed by atoms with Gasteiger partial charge >= 0.3 is 7.82 Å². The smallest absolute Gasteiger partial charge is 0.302 e. The molecule has 0 heterocycles. The number of nitrogens with one attached hydrogen (secondary N) is 1. The summed E-state index contributed by atoms with van der Waals surface area (Å²) >= 11 is 0. The van der Waals surface area contributed by atoms with Gasteiger partial charge in [0.25, 0.3) is 10.1 Å². The molecule has 10 heteroatoms. The first kappa shape index (κ1) is 12.7. The Morgan fingerprint density at radius 2 is 2.00 bits per heavy atom. The highest BCUT2D eigenvalue weighted by Gasteiger charge is 2.12. The molecule has 0 aliphatic carbocycles. The van der Waals surface area contributed by atoms with Crippen LogP contribution in [0.1, 0.15) is 0 Å². The Kier molecular flexibility index (Phi) is 4.71. The predicted octanol–water partition coefficient (Wildman–Crippen LogP) is -0.998. The summed E-state index contributed by atoms with van der Waals surface area (Å²) in [4.78, 5) is 16.2. The van der Waals surface area contributed by atoms with Crippen molar-refractivity contribution in [3.05, 3.63) is 11.5 Å². The van der Waals surface area contributed by atoms with Crippen molar-refractivity contribution in [2.24, 2.45) is 0 Å². The third kappa shape index (κ3) is 11.7. The zero-order valence-corrected chi connectivity index (χ0v) is 7.90. The monoisotopic (exact) mass is 233 g/mol. The first-order valence-corrected chi connectivity index (χ1v) is 5.85. The third-order valence-corrected chi connectivity index (χ3v) is 1.56. The Morgan fingerprint density at radius 3 is 2.38 bits per heavy atom. The van der Waals surface area contributed by atoms with E-state index in [2.05, 4.69) is 4.62 Å². The van der Waals surface area contributed by atoms with Gasteiger partial charge in [0, 0.05) is 6.54 Å². The van der Waals surface area contributed by atoms with Gasteiger partial charge in [-0.1, -0.05) is 6.08 Å². The summed E-state index contributed by atoms with van der Waals surface area (Å²) < 4.78 is 42.0. The third-order valence-electron chi connectivity index (χ3n) is 0.653. The lowest BCUT2D eigenvalue weighted by atomic mass is 10.7. The summed E-state index contributed by atoms with van der Waals surface area (Å²) in [5.74, 6) is 0. The van der Waals surface area contributed by atoms with Gasteiger partial charge in [-0.25, -0.2) is 4.57 Å². The zero-order chi connectivity index (χ0) is 10.5. The van der Waals surface area contributed by atoms with Gasteiger partial charge in [0.15, 0.2) is 0 Å². The molecule has 0 aromatic rings. The van der Waals surface area contributed by atoms with Crippen LogP contribution in [0.25, 0.3) is 0 Å². The molecule has 0 aliphatic rings. The van der Waals surface area contributed by atoms with Crippen LogP contribution in [0.15, 0.2) is 11.5 Å². The van der Waals surface area contributed by atoms with Crippen molar-refractivity contribution in [3.8, 4) is 0 Å². The second-order valence-electron chi connectivity index (χ2n) is 1.82. The first-order chi connectivity index (χ1) is 5.71. The van der Waals surface area contributed by atoms with Crippen LogP contribution >= 0.6 is 7.82 Å². The average Bonchev–Trinajstić information content (AvgIpc) is 1.81. The van der Waals surface area contributed by atoms with E-state index in [1.165, 1.54) is 0 Å². The molecule has 0 rings (SSSR count). The van der Waals surface area contributed by atoms with Crippen LogP contribution in [-0.2, 0) is 19.3 Å². The highest BCUT2D eigenvalue weighted by molar-refractivity contribution is 7.88. The minimum atomic E-state index is -4.60. The Balaban J connectivity index is 3.71. The number of phosphoric acid groups is 1. The predicted molar refractivity (Wildman–Crippen MR) is 41.8 cm³/mol. The molecule has 8 nitrogen and oxygen atoms in total. The summed E-state index contributed by atoms with van der Waals surface area (Å²) in [5.41, 5.74) is 1.77. The lowest BCUT2D eigenvalue weighted by Gasteiger charge is -2.02. The summed E-state index contributed by atoms with van der Waals surface area (Å²) in [6.45, 7) is -0.273. The molecule has 78 valence electrons.